The van der Waals surface area contributed by atoms with Gasteiger partial charge in [-0.1, -0.05) is 12.1 Å². The van der Waals surface area contributed by atoms with Crippen molar-refractivity contribution in [1.29, 1.82) is 0 Å². The lowest BCUT2D eigenvalue weighted by Gasteiger charge is -2.06. The van der Waals surface area contributed by atoms with Crippen LogP contribution in [0.25, 0.3) is 0 Å². The number of esters is 3. The Morgan fingerprint density at radius 3 is 2.28 bits per heavy atom. The Balaban J connectivity index is 2.52. The van der Waals surface area contributed by atoms with Crippen LogP contribution in [0.1, 0.15) is 5.56 Å². The molecule has 0 saturated carbocycles. The van der Waals surface area contributed by atoms with Crippen LogP contribution >= 0.6 is 0 Å². The minimum absolute atomic E-state index is 0.0219. The van der Waals surface area contributed by atoms with Gasteiger partial charge in [-0.05, 0) is 6.07 Å². The summed E-state index contributed by atoms with van der Waals surface area (Å²) in [5.41, 5.74) is 0.247. The van der Waals surface area contributed by atoms with Gasteiger partial charge in [0, 0.05) is 29.9 Å². The monoisotopic (exact) mass is 352 g/mol. The van der Waals surface area contributed by atoms with Crippen molar-refractivity contribution in [3.05, 3.63) is 53.9 Å². The maximum Gasteiger partial charge on any atom is 0.336 e. The Morgan fingerprint density at radius 1 is 1.00 bits per heavy atom. The van der Waals surface area contributed by atoms with Crippen molar-refractivity contribution >= 4 is 17.9 Å². The molecule has 1 aromatic rings. The number of rotatable bonds is 8. The van der Waals surface area contributed by atoms with Crippen molar-refractivity contribution in [2.75, 3.05) is 20.8 Å². The molecule has 0 aliphatic carbocycles. The van der Waals surface area contributed by atoms with Crippen LogP contribution in [0.5, 0.6) is 5.75 Å². The molecule has 0 heterocycles. The molecule has 0 N–H and O–H groups in total. The van der Waals surface area contributed by atoms with Crippen molar-refractivity contribution in [1.82, 2.24) is 0 Å². The predicted octanol–water partition coefficient (Wildman–Crippen LogP) is 1.71. The van der Waals surface area contributed by atoms with Crippen LogP contribution in [-0.2, 0) is 35.2 Å². The summed E-state index contributed by atoms with van der Waals surface area (Å²) < 4.78 is 32.7. The van der Waals surface area contributed by atoms with E-state index in [0.29, 0.717) is 0 Å². The molecule has 0 amide bonds. The minimum Gasteiger partial charge on any atom is -0.466 e. The molecule has 0 bridgehead atoms. The number of methoxy groups -OCH3 is 2. The molecule has 0 saturated heterocycles. The van der Waals surface area contributed by atoms with Crippen LogP contribution in [0.3, 0.4) is 0 Å². The number of hydrogen-bond acceptors (Lipinski definition) is 7. The minimum atomic E-state index is -0.846. The number of carbonyl (C=O) groups is 3. The van der Waals surface area contributed by atoms with E-state index in [0.717, 1.165) is 18.2 Å². The van der Waals surface area contributed by atoms with Gasteiger partial charge in [0.25, 0.3) is 0 Å². The van der Waals surface area contributed by atoms with Crippen molar-refractivity contribution in [3.63, 3.8) is 0 Å². The van der Waals surface area contributed by atoms with E-state index in [9.17, 15) is 18.8 Å². The molecule has 134 valence electrons. The number of ether oxygens (including phenoxy) is 4. The number of carbonyl (C=O) groups excluding carboxylic acids is 3. The standard InChI is InChI=1S/C17H17FO7/c1-22-15(19)4-3-9-24-11-12-5-6-13(10-14(12)18)25-17(21)8-7-16(20)23-2/h3-8,10H,9,11H2,1-2H3/b4-3+,8-7+. The van der Waals surface area contributed by atoms with E-state index in [1.54, 1.807) is 0 Å². The van der Waals surface area contributed by atoms with E-state index < -0.39 is 23.7 Å². The maximum atomic E-state index is 13.9. The summed E-state index contributed by atoms with van der Waals surface area (Å²) in [5, 5.41) is 0. The molecule has 8 heteroatoms. The van der Waals surface area contributed by atoms with Crippen LogP contribution < -0.4 is 4.74 Å². The summed E-state index contributed by atoms with van der Waals surface area (Å²) in [6, 6.07) is 3.80. The van der Waals surface area contributed by atoms with Gasteiger partial charge in [-0.25, -0.2) is 18.8 Å². The molecule has 0 spiro atoms. The molecule has 1 aromatic carbocycles. The second-order valence-corrected chi connectivity index (χ2v) is 4.47. The van der Waals surface area contributed by atoms with Gasteiger partial charge < -0.3 is 18.9 Å². The largest absolute Gasteiger partial charge is 0.466 e. The SMILES string of the molecule is COC(=O)/C=C/COCc1ccc(OC(=O)/C=C/C(=O)OC)cc1F. The third-order valence-corrected chi connectivity index (χ3v) is 2.73. The first-order chi connectivity index (χ1) is 12.0. The Bertz CT molecular complexity index is 680. The van der Waals surface area contributed by atoms with Gasteiger partial charge in [-0.3, -0.25) is 0 Å². The number of halogens is 1. The maximum absolute atomic E-state index is 13.9. The summed E-state index contributed by atoms with van der Waals surface area (Å²) in [6.45, 7) is 0.0669. The lowest BCUT2D eigenvalue weighted by molar-refractivity contribution is -0.136. The second kappa shape index (κ2) is 10.7. The molecule has 25 heavy (non-hydrogen) atoms. The molecule has 0 unspecified atom stereocenters. The summed E-state index contributed by atoms with van der Waals surface area (Å²) >= 11 is 0. The van der Waals surface area contributed by atoms with E-state index in [1.807, 2.05) is 0 Å². The van der Waals surface area contributed by atoms with E-state index >= 15 is 0 Å². The van der Waals surface area contributed by atoms with Crippen molar-refractivity contribution in [2.24, 2.45) is 0 Å². The third kappa shape index (κ3) is 7.89. The van der Waals surface area contributed by atoms with Gasteiger partial charge in [0.05, 0.1) is 27.4 Å². The Kier molecular flexibility index (Phi) is 8.59. The van der Waals surface area contributed by atoms with Crippen molar-refractivity contribution in [2.45, 2.75) is 6.61 Å². The molecule has 0 aliphatic rings. The zero-order chi connectivity index (χ0) is 18.7. The lowest BCUT2D eigenvalue weighted by atomic mass is 10.2. The lowest BCUT2D eigenvalue weighted by Crippen LogP contribution is -2.06. The van der Waals surface area contributed by atoms with E-state index in [4.69, 9.17) is 9.47 Å². The van der Waals surface area contributed by atoms with E-state index in [1.165, 1.54) is 38.5 Å². The highest BCUT2D eigenvalue weighted by Crippen LogP contribution is 2.17. The van der Waals surface area contributed by atoms with Gasteiger partial charge in [0.2, 0.25) is 0 Å². The molecular formula is C17H17FO7. The highest BCUT2D eigenvalue weighted by molar-refractivity contribution is 5.92. The molecule has 0 fully saturated rings. The van der Waals surface area contributed by atoms with Crippen LogP contribution in [0.15, 0.2) is 42.5 Å². The first-order valence-corrected chi connectivity index (χ1v) is 7.04. The average molecular weight is 352 g/mol. The molecular weight excluding hydrogens is 335 g/mol. The fourth-order valence-corrected chi connectivity index (χ4v) is 1.51. The highest BCUT2D eigenvalue weighted by Gasteiger charge is 2.07. The Labute approximate surface area is 143 Å². The van der Waals surface area contributed by atoms with E-state index in [2.05, 4.69) is 9.47 Å². The predicted molar refractivity (Wildman–Crippen MR) is 84.0 cm³/mol. The van der Waals surface area contributed by atoms with Gasteiger partial charge in [0.15, 0.2) is 0 Å². The Hall–Kier alpha value is -3.00. The molecule has 0 aliphatic heterocycles. The smallest absolute Gasteiger partial charge is 0.336 e. The fraction of sp³-hybridized carbons (Fsp3) is 0.235. The van der Waals surface area contributed by atoms with Gasteiger partial charge in [-0.15, -0.1) is 0 Å². The van der Waals surface area contributed by atoms with Crippen LogP contribution in [0, 0.1) is 5.82 Å². The zero-order valence-corrected chi connectivity index (χ0v) is 13.7. The summed E-state index contributed by atoms with van der Waals surface area (Å²) in [4.78, 5) is 33.1. The summed E-state index contributed by atoms with van der Waals surface area (Å²) in [7, 11) is 2.42. The van der Waals surface area contributed by atoms with Crippen molar-refractivity contribution in [3.8, 4) is 5.75 Å². The van der Waals surface area contributed by atoms with Gasteiger partial charge in [-0.2, -0.15) is 0 Å². The van der Waals surface area contributed by atoms with Crippen LogP contribution in [0.2, 0.25) is 0 Å². The quantitative estimate of drug-likeness (QED) is 0.304. The normalized spacial score (nSPS) is 10.8. The molecule has 0 atom stereocenters. The molecule has 0 radical (unpaired) electrons. The molecule has 1 rings (SSSR count). The second-order valence-electron chi connectivity index (χ2n) is 4.47. The number of benzene rings is 1. The topological polar surface area (TPSA) is 88.1 Å². The first kappa shape index (κ1) is 20.0. The fourth-order valence-electron chi connectivity index (χ4n) is 1.51. The average Bonchev–Trinajstić information content (AvgIpc) is 2.60. The van der Waals surface area contributed by atoms with Crippen molar-refractivity contribution < 1.29 is 37.7 Å². The zero-order valence-electron chi connectivity index (χ0n) is 13.7. The van der Waals surface area contributed by atoms with E-state index in [-0.39, 0.29) is 24.5 Å². The van der Waals surface area contributed by atoms with Crippen LogP contribution in [-0.4, -0.2) is 38.7 Å². The summed E-state index contributed by atoms with van der Waals surface area (Å²) in [5.74, 6) is -2.72. The summed E-state index contributed by atoms with van der Waals surface area (Å²) in [6.07, 6.45) is 4.39. The highest BCUT2D eigenvalue weighted by atomic mass is 19.1. The third-order valence-electron chi connectivity index (χ3n) is 2.73. The number of hydrogen-bond donors (Lipinski definition) is 0. The van der Waals surface area contributed by atoms with Gasteiger partial charge >= 0.3 is 17.9 Å². The Morgan fingerprint density at radius 2 is 1.64 bits per heavy atom. The van der Waals surface area contributed by atoms with Gasteiger partial charge in [0.1, 0.15) is 11.6 Å². The molecule has 0 aromatic heterocycles. The van der Waals surface area contributed by atoms with Crippen LogP contribution in [0.4, 0.5) is 4.39 Å². The first-order valence-electron chi connectivity index (χ1n) is 7.04. The molecule has 7 nitrogen and oxygen atoms in total.